The van der Waals surface area contributed by atoms with Crippen LogP contribution in [-0.2, 0) is 16.0 Å². The van der Waals surface area contributed by atoms with Crippen LogP contribution in [0.15, 0.2) is 72.8 Å². The van der Waals surface area contributed by atoms with Crippen LogP contribution in [0.25, 0.3) is 11.1 Å². The van der Waals surface area contributed by atoms with Crippen LogP contribution in [0.4, 0.5) is 0 Å². The van der Waals surface area contributed by atoms with E-state index in [0.29, 0.717) is 28.6 Å². The highest BCUT2D eigenvalue weighted by molar-refractivity contribution is 6.42. The summed E-state index contributed by atoms with van der Waals surface area (Å²) in [7, 11) is 1.36. The molecule has 4 rings (SSSR count). The van der Waals surface area contributed by atoms with E-state index in [1.807, 2.05) is 60.4 Å². The van der Waals surface area contributed by atoms with Gasteiger partial charge in [0.2, 0.25) is 5.91 Å². The molecule has 7 heteroatoms. The zero-order valence-electron chi connectivity index (χ0n) is 21.5. The first kappa shape index (κ1) is 27.9. The van der Waals surface area contributed by atoms with Crippen LogP contribution in [0, 0.1) is 6.92 Å². The Kier molecular flexibility index (Phi) is 9.26. The molecule has 1 N–H and O–H groups in total. The number of hydrogen-bond donors (Lipinski definition) is 1. The number of carbonyl (C=O) groups excluding carboxylic acids is 2. The van der Waals surface area contributed by atoms with Gasteiger partial charge in [0, 0.05) is 13.0 Å². The molecule has 1 aliphatic heterocycles. The number of esters is 1. The standard InChI is InChI=1S/C31H31Cl2NO4/c1-20-26(14-15-27(32)30(20)33)23-6-3-7-24(19-23)28(35)16-12-25-13-17-29(36)34(25)18-4-5-21-8-10-22(11-9-21)31(37)38-2/h3,6-12,14-16,19,25,28,35H,4-5,13,17-18H2,1-2H3/b16-12+/t25-,28?/m0/s1. The Balaban J connectivity index is 1.38. The van der Waals surface area contributed by atoms with Crippen LogP contribution in [0.1, 0.15) is 52.4 Å². The van der Waals surface area contributed by atoms with Crippen molar-refractivity contribution in [2.45, 2.75) is 44.8 Å². The smallest absolute Gasteiger partial charge is 0.337 e. The summed E-state index contributed by atoms with van der Waals surface area (Å²) in [6.07, 6.45) is 5.75. The molecule has 0 radical (unpaired) electrons. The summed E-state index contributed by atoms with van der Waals surface area (Å²) in [4.78, 5) is 26.0. The Morgan fingerprint density at radius 2 is 1.92 bits per heavy atom. The molecule has 0 aliphatic carbocycles. The van der Waals surface area contributed by atoms with Crippen LogP contribution < -0.4 is 0 Å². The van der Waals surface area contributed by atoms with Crippen LogP contribution in [-0.4, -0.2) is 41.6 Å². The number of aliphatic hydroxyl groups excluding tert-OH is 1. The Morgan fingerprint density at radius 1 is 1.16 bits per heavy atom. The third kappa shape index (κ3) is 6.47. The van der Waals surface area contributed by atoms with Gasteiger partial charge in [-0.25, -0.2) is 4.79 Å². The van der Waals surface area contributed by atoms with Gasteiger partial charge in [0.15, 0.2) is 0 Å². The lowest BCUT2D eigenvalue weighted by molar-refractivity contribution is -0.128. The average Bonchev–Trinajstić information content (AvgIpc) is 3.29. The van der Waals surface area contributed by atoms with E-state index >= 15 is 0 Å². The van der Waals surface area contributed by atoms with Crippen molar-refractivity contribution in [3.8, 4) is 11.1 Å². The molecule has 5 nitrogen and oxygen atoms in total. The summed E-state index contributed by atoms with van der Waals surface area (Å²) >= 11 is 12.5. The molecule has 1 amide bonds. The predicted molar refractivity (Wildman–Crippen MR) is 152 cm³/mol. The summed E-state index contributed by atoms with van der Waals surface area (Å²) < 4.78 is 4.74. The zero-order chi connectivity index (χ0) is 27.2. The number of carbonyl (C=O) groups is 2. The van der Waals surface area contributed by atoms with Gasteiger partial charge < -0.3 is 14.7 Å². The molecule has 1 heterocycles. The molecule has 38 heavy (non-hydrogen) atoms. The highest BCUT2D eigenvalue weighted by Crippen LogP contribution is 2.34. The van der Waals surface area contributed by atoms with E-state index < -0.39 is 6.10 Å². The number of amides is 1. The number of ether oxygens (including phenoxy) is 1. The van der Waals surface area contributed by atoms with Crippen molar-refractivity contribution in [3.63, 3.8) is 0 Å². The summed E-state index contributed by atoms with van der Waals surface area (Å²) in [6.45, 7) is 2.56. The molecule has 1 unspecified atom stereocenters. The minimum Gasteiger partial charge on any atom is -0.465 e. The summed E-state index contributed by atoms with van der Waals surface area (Å²) in [5, 5.41) is 11.9. The van der Waals surface area contributed by atoms with Gasteiger partial charge >= 0.3 is 5.97 Å². The van der Waals surface area contributed by atoms with Crippen LogP contribution >= 0.6 is 23.2 Å². The lowest BCUT2D eigenvalue weighted by Gasteiger charge is -2.23. The molecule has 0 aromatic heterocycles. The van der Waals surface area contributed by atoms with Crippen molar-refractivity contribution in [3.05, 3.63) is 105 Å². The van der Waals surface area contributed by atoms with Gasteiger partial charge in [-0.15, -0.1) is 0 Å². The third-order valence-electron chi connectivity index (χ3n) is 7.01. The maximum absolute atomic E-state index is 12.5. The van der Waals surface area contributed by atoms with Crippen LogP contribution in [0.3, 0.4) is 0 Å². The van der Waals surface area contributed by atoms with Crippen molar-refractivity contribution in [1.82, 2.24) is 4.90 Å². The first-order valence-corrected chi connectivity index (χ1v) is 13.4. The lowest BCUT2D eigenvalue weighted by Crippen LogP contribution is -2.33. The first-order chi connectivity index (χ1) is 18.3. The molecular formula is C31H31Cl2NO4. The highest BCUT2D eigenvalue weighted by atomic mass is 35.5. The number of nitrogens with zero attached hydrogens (tertiary/aromatic N) is 1. The fraction of sp³-hybridized carbons (Fsp3) is 0.290. The van der Waals surface area contributed by atoms with Gasteiger partial charge in [-0.05, 0) is 78.3 Å². The fourth-order valence-electron chi connectivity index (χ4n) is 4.82. The summed E-state index contributed by atoms with van der Waals surface area (Å²) in [6, 6.07) is 18.7. The lowest BCUT2D eigenvalue weighted by atomic mass is 9.97. The van der Waals surface area contributed by atoms with E-state index in [-0.39, 0.29) is 17.9 Å². The van der Waals surface area contributed by atoms with Gasteiger partial charge in [0.05, 0.1) is 34.9 Å². The Bertz CT molecular complexity index is 1340. The minimum absolute atomic E-state index is 0.0423. The molecule has 198 valence electrons. The Labute approximate surface area is 233 Å². The molecule has 3 aromatic rings. The van der Waals surface area contributed by atoms with Gasteiger partial charge in [0.1, 0.15) is 0 Å². The number of aryl methyl sites for hydroxylation is 1. The minimum atomic E-state index is -0.802. The van der Waals surface area contributed by atoms with E-state index in [4.69, 9.17) is 27.9 Å². The van der Waals surface area contributed by atoms with Crippen LogP contribution in [0.2, 0.25) is 10.0 Å². The van der Waals surface area contributed by atoms with Gasteiger partial charge in [0.25, 0.3) is 0 Å². The molecule has 0 saturated carbocycles. The molecule has 1 aliphatic rings. The maximum atomic E-state index is 12.5. The number of methoxy groups -OCH3 is 1. The van der Waals surface area contributed by atoms with Gasteiger partial charge in [-0.3, -0.25) is 4.79 Å². The molecule has 3 aromatic carbocycles. The van der Waals surface area contributed by atoms with E-state index in [9.17, 15) is 14.7 Å². The number of halogens is 2. The number of likely N-dealkylation sites (tertiary alicyclic amines) is 1. The van der Waals surface area contributed by atoms with Crippen molar-refractivity contribution < 1.29 is 19.4 Å². The van der Waals surface area contributed by atoms with Crippen molar-refractivity contribution in [2.24, 2.45) is 0 Å². The normalized spacial score (nSPS) is 16.3. The second kappa shape index (κ2) is 12.6. The number of hydrogen-bond acceptors (Lipinski definition) is 4. The number of aliphatic hydroxyl groups is 1. The van der Waals surface area contributed by atoms with Gasteiger partial charge in [-0.1, -0.05) is 71.8 Å². The Morgan fingerprint density at radius 3 is 2.66 bits per heavy atom. The highest BCUT2D eigenvalue weighted by Gasteiger charge is 2.28. The van der Waals surface area contributed by atoms with E-state index in [0.717, 1.165) is 47.1 Å². The molecule has 1 saturated heterocycles. The molecule has 0 bridgehead atoms. The van der Waals surface area contributed by atoms with Crippen molar-refractivity contribution in [2.75, 3.05) is 13.7 Å². The number of benzene rings is 3. The van der Waals surface area contributed by atoms with Crippen LogP contribution in [0.5, 0.6) is 0 Å². The fourth-order valence-corrected chi connectivity index (χ4v) is 5.19. The monoisotopic (exact) mass is 551 g/mol. The zero-order valence-corrected chi connectivity index (χ0v) is 23.0. The van der Waals surface area contributed by atoms with Crippen molar-refractivity contribution in [1.29, 1.82) is 0 Å². The summed E-state index contributed by atoms with van der Waals surface area (Å²) in [5.41, 5.74) is 5.18. The number of rotatable bonds is 9. The molecular weight excluding hydrogens is 521 g/mol. The topological polar surface area (TPSA) is 66.8 Å². The first-order valence-electron chi connectivity index (χ1n) is 12.7. The van der Waals surface area contributed by atoms with Gasteiger partial charge in [-0.2, -0.15) is 0 Å². The maximum Gasteiger partial charge on any atom is 0.337 e. The predicted octanol–water partition coefficient (Wildman–Crippen LogP) is 6.97. The van der Waals surface area contributed by atoms with Crippen molar-refractivity contribution >= 4 is 35.1 Å². The Hall–Kier alpha value is -3.12. The second-order valence-electron chi connectivity index (χ2n) is 9.47. The van der Waals surface area contributed by atoms with E-state index in [1.54, 1.807) is 24.3 Å². The quantitative estimate of drug-likeness (QED) is 0.230. The molecule has 0 spiro atoms. The third-order valence-corrected chi connectivity index (χ3v) is 7.91. The summed E-state index contributed by atoms with van der Waals surface area (Å²) in [5.74, 6) is -0.223. The largest absolute Gasteiger partial charge is 0.465 e. The molecule has 2 atom stereocenters. The van der Waals surface area contributed by atoms with E-state index in [1.165, 1.54) is 7.11 Å². The van der Waals surface area contributed by atoms with E-state index in [2.05, 4.69) is 0 Å². The SMILES string of the molecule is COC(=O)c1ccc(CCCN2C(=O)CC[C@@H]2/C=C/C(O)c2cccc(-c3ccc(Cl)c(Cl)c3C)c2)cc1. The second-order valence-corrected chi connectivity index (χ2v) is 10.3. The average molecular weight is 552 g/mol. The molecule has 1 fully saturated rings.